The van der Waals surface area contributed by atoms with Crippen LogP contribution in [0.15, 0.2) is 11.6 Å². The third-order valence-corrected chi connectivity index (χ3v) is 4.51. The first-order chi connectivity index (χ1) is 11.9. The lowest BCUT2D eigenvalue weighted by Gasteiger charge is -2.29. The number of hydrogen-bond donors (Lipinski definition) is 1. The van der Waals surface area contributed by atoms with E-state index in [2.05, 4.69) is 18.3 Å². The van der Waals surface area contributed by atoms with Gasteiger partial charge in [0.25, 0.3) is 0 Å². The number of unbranched alkanes of at least 4 members (excludes halogenated alkanes) is 7. The van der Waals surface area contributed by atoms with Crippen molar-refractivity contribution < 1.29 is 9.53 Å². The molecule has 1 aliphatic heterocycles. The molecular formula is C21H40N2O2. The Morgan fingerprint density at radius 3 is 2.32 bits per heavy atom. The van der Waals surface area contributed by atoms with Gasteiger partial charge in [-0.25, -0.2) is 4.79 Å². The minimum Gasteiger partial charge on any atom is -0.444 e. The van der Waals surface area contributed by atoms with Crippen molar-refractivity contribution in [2.45, 2.75) is 91.1 Å². The summed E-state index contributed by atoms with van der Waals surface area (Å²) in [6.07, 6.45) is 13.8. The molecule has 0 spiro atoms. The molecule has 1 aliphatic rings. The van der Waals surface area contributed by atoms with Crippen molar-refractivity contribution in [3.63, 3.8) is 0 Å². The maximum atomic E-state index is 12.0. The number of carbonyl (C=O) groups is 1. The fourth-order valence-corrected chi connectivity index (χ4v) is 3.00. The zero-order valence-corrected chi connectivity index (χ0v) is 17.0. The topological polar surface area (TPSA) is 41.6 Å². The molecule has 25 heavy (non-hydrogen) atoms. The fourth-order valence-electron chi connectivity index (χ4n) is 3.00. The highest BCUT2D eigenvalue weighted by atomic mass is 16.6. The summed E-state index contributed by atoms with van der Waals surface area (Å²) < 4.78 is 5.42. The second kappa shape index (κ2) is 12.3. The molecule has 0 aromatic carbocycles. The van der Waals surface area contributed by atoms with Gasteiger partial charge >= 0.3 is 6.09 Å². The van der Waals surface area contributed by atoms with Crippen LogP contribution in [-0.4, -0.2) is 42.8 Å². The van der Waals surface area contributed by atoms with E-state index >= 15 is 0 Å². The first-order valence-electron chi connectivity index (χ1n) is 10.3. The minimum atomic E-state index is -0.418. The van der Waals surface area contributed by atoms with Gasteiger partial charge in [-0.3, -0.25) is 0 Å². The number of nitrogens with zero attached hydrogens (tertiary/aromatic N) is 1. The van der Waals surface area contributed by atoms with Gasteiger partial charge in [0.05, 0.1) is 0 Å². The molecule has 1 amide bonds. The highest BCUT2D eigenvalue weighted by Gasteiger charge is 2.23. The van der Waals surface area contributed by atoms with E-state index in [0.717, 1.165) is 26.1 Å². The van der Waals surface area contributed by atoms with Crippen molar-refractivity contribution in [2.75, 3.05) is 26.2 Å². The molecule has 1 heterocycles. The average molecular weight is 353 g/mol. The summed E-state index contributed by atoms with van der Waals surface area (Å²) in [7, 11) is 0. The van der Waals surface area contributed by atoms with Gasteiger partial charge in [0.1, 0.15) is 5.60 Å². The summed E-state index contributed by atoms with van der Waals surface area (Å²) in [6, 6.07) is 0. The van der Waals surface area contributed by atoms with Crippen LogP contribution >= 0.6 is 0 Å². The van der Waals surface area contributed by atoms with Gasteiger partial charge in [0.2, 0.25) is 0 Å². The van der Waals surface area contributed by atoms with Crippen LogP contribution in [0.1, 0.15) is 85.5 Å². The molecule has 0 fully saturated rings. The Morgan fingerprint density at radius 1 is 1.12 bits per heavy atom. The standard InChI is InChI=1S/C21H40N2O2/c1-5-6-7-8-9-10-11-12-15-22-18-19-13-16-23(17-14-19)20(24)25-21(2,3)4/h13,22H,5-12,14-18H2,1-4H3. The predicted octanol–water partition coefficient (Wildman–Crippen LogP) is 5.28. The lowest BCUT2D eigenvalue weighted by molar-refractivity contribution is 0.0265. The monoisotopic (exact) mass is 352 g/mol. The summed E-state index contributed by atoms with van der Waals surface area (Å²) in [6.45, 7) is 11.5. The van der Waals surface area contributed by atoms with Crippen LogP contribution in [0.2, 0.25) is 0 Å². The lowest BCUT2D eigenvalue weighted by Crippen LogP contribution is -2.40. The zero-order valence-electron chi connectivity index (χ0n) is 17.0. The molecule has 0 saturated carbocycles. The van der Waals surface area contributed by atoms with Gasteiger partial charge in [-0.15, -0.1) is 0 Å². The van der Waals surface area contributed by atoms with Gasteiger partial charge in [0.15, 0.2) is 0 Å². The second-order valence-electron chi connectivity index (χ2n) is 8.19. The van der Waals surface area contributed by atoms with Gasteiger partial charge in [-0.05, 0) is 40.2 Å². The van der Waals surface area contributed by atoms with Crippen molar-refractivity contribution in [1.29, 1.82) is 0 Å². The average Bonchev–Trinajstić information content (AvgIpc) is 2.55. The highest BCUT2D eigenvalue weighted by molar-refractivity contribution is 5.68. The van der Waals surface area contributed by atoms with Gasteiger partial charge in [-0.2, -0.15) is 0 Å². The molecule has 1 N–H and O–H groups in total. The number of ether oxygens (including phenoxy) is 1. The summed E-state index contributed by atoms with van der Waals surface area (Å²) in [5, 5.41) is 3.55. The van der Waals surface area contributed by atoms with E-state index in [4.69, 9.17) is 4.74 Å². The van der Waals surface area contributed by atoms with E-state index in [1.165, 1.54) is 56.9 Å². The summed E-state index contributed by atoms with van der Waals surface area (Å²) in [5.74, 6) is 0. The Bertz CT molecular complexity index is 399. The zero-order chi connectivity index (χ0) is 18.5. The third-order valence-electron chi connectivity index (χ3n) is 4.51. The maximum absolute atomic E-state index is 12.0. The molecular weight excluding hydrogens is 312 g/mol. The van der Waals surface area contributed by atoms with Crippen molar-refractivity contribution >= 4 is 6.09 Å². The minimum absolute atomic E-state index is 0.199. The van der Waals surface area contributed by atoms with Crippen LogP contribution in [-0.2, 0) is 4.74 Å². The molecule has 0 saturated heterocycles. The lowest BCUT2D eigenvalue weighted by atomic mass is 10.1. The first-order valence-corrected chi connectivity index (χ1v) is 10.3. The molecule has 0 radical (unpaired) electrons. The summed E-state index contributed by atoms with van der Waals surface area (Å²) in [5.41, 5.74) is 0.998. The smallest absolute Gasteiger partial charge is 0.410 e. The quantitative estimate of drug-likeness (QED) is 0.406. The van der Waals surface area contributed by atoms with Gasteiger partial charge < -0.3 is 15.0 Å². The largest absolute Gasteiger partial charge is 0.444 e. The van der Waals surface area contributed by atoms with Crippen LogP contribution in [0.4, 0.5) is 4.79 Å². The van der Waals surface area contributed by atoms with Crippen LogP contribution in [0.5, 0.6) is 0 Å². The number of amides is 1. The van der Waals surface area contributed by atoms with E-state index in [1.54, 1.807) is 4.90 Å². The predicted molar refractivity (Wildman–Crippen MR) is 106 cm³/mol. The first kappa shape index (κ1) is 22.0. The molecule has 0 bridgehead atoms. The van der Waals surface area contributed by atoms with Crippen molar-refractivity contribution in [2.24, 2.45) is 0 Å². The third kappa shape index (κ3) is 11.2. The SMILES string of the molecule is CCCCCCCCCCNCC1=CCN(C(=O)OC(C)(C)C)CC1. The summed E-state index contributed by atoms with van der Waals surface area (Å²) in [4.78, 5) is 13.8. The van der Waals surface area contributed by atoms with Crippen LogP contribution in [0.3, 0.4) is 0 Å². The molecule has 4 heteroatoms. The molecule has 146 valence electrons. The van der Waals surface area contributed by atoms with E-state index < -0.39 is 5.60 Å². The number of rotatable bonds is 11. The van der Waals surface area contributed by atoms with Crippen LogP contribution in [0.25, 0.3) is 0 Å². The number of hydrogen-bond acceptors (Lipinski definition) is 3. The maximum Gasteiger partial charge on any atom is 0.410 e. The molecule has 0 atom stereocenters. The van der Waals surface area contributed by atoms with Crippen molar-refractivity contribution in [3.8, 4) is 0 Å². The normalized spacial score (nSPS) is 15.2. The van der Waals surface area contributed by atoms with Crippen LogP contribution in [0, 0.1) is 0 Å². The van der Waals surface area contributed by atoms with Crippen molar-refractivity contribution in [3.05, 3.63) is 11.6 Å². The molecule has 0 unspecified atom stereocenters. The van der Waals surface area contributed by atoms with Gasteiger partial charge in [0, 0.05) is 19.6 Å². The fraction of sp³-hybridized carbons (Fsp3) is 0.857. The highest BCUT2D eigenvalue weighted by Crippen LogP contribution is 2.15. The molecule has 0 aromatic rings. The molecule has 4 nitrogen and oxygen atoms in total. The summed E-state index contributed by atoms with van der Waals surface area (Å²) >= 11 is 0. The molecule has 0 aliphatic carbocycles. The Morgan fingerprint density at radius 2 is 1.76 bits per heavy atom. The Kier molecular flexibility index (Phi) is 10.9. The Balaban J connectivity index is 2.03. The van der Waals surface area contributed by atoms with E-state index in [0.29, 0.717) is 6.54 Å². The number of nitrogens with one attached hydrogen (secondary N) is 1. The molecule has 0 aromatic heterocycles. The second-order valence-corrected chi connectivity index (χ2v) is 8.19. The van der Waals surface area contributed by atoms with Crippen molar-refractivity contribution in [1.82, 2.24) is 10.2 Å². The molecule has 1 rings (SSSR count). The van der Waals surface area contributed by atoms with E-state index in [-0.39, 0.29) is 6.09 Å². The van der Waals surface area contributed by atoms with E-state index in [9.17, 15) is 4.79 Å². The van der Waals surface area contributed by atoms with Gasteiger partial charge in [-0.1, -0.05) is 63.5 Å². The number of carbonyl (C=O) groups excluding carboxylic acids is 1. The Labute approximate surface area is 155 Å². The van der Waals surface area contributed by atoms with E-state index in [1.807, 2.05) is 20.8 Å². The van der Waals surface area contributed by atoms with Crippen LogP contribution < -0.4 is 5.32 Å². The Hall–Kier alpha value is -1.03.